The van der Waals surface area contributed by atoms with Gasteiger partial charge in [0.25, 0.3) is 0 Å². The normalized spacial score (nSPS) is 10.7. The second-order valence-electron chi connectivity index (χ2n) is 4.75. The first-order valence-corrected chi connectivity index (χ1v) is 6.39. The van der Waals surface area contributed by atoms with E-state index in [1.54, 1.807) is 0 Å². The van der Waals surface area contributed by atoms with E-state index in [4.69, 9.17) is 4.42 Å². The summed E-state index contributed by atoms with van der Waals surface area (Å²) >= 11 is 0. The lowest BCUT2D eigenvalue weighted by atomic mass is 10.1. The zero-order chi connectivity index (χ0) is 13.9. The van der Waals surface area contributed by atoms with E-state index in [9.17, 15) is 4.79 Å². The van der Waals surface area contributed by atoms with Crippen LogP contribution >= 0.6 is 0 Å². The summed E-state index contributed by atoms with van der Waals surface area (Å²) in [5.74, 6) is -0.0484. The fourth-order valence-corrected chi connectivity index (χ4v) is 2.04. The van der Waals surface area contributed by atoms with E-state index in [1.807, 2.05) is 49.4 Å². The van der Waals surface area contributed by atoms with Crippen LogP contribution in [0.4, 0.5) is 5.69 Å². The number of anilines is 1. The van der Waals surface area contributed by atoms with Crippen molar-refractivity contribution in [3.63, 3.8) is 0 Å². The molecule has 0 saturated carbocycles. The van der Waals surface area contributed by atoms with Crippen LogP contribution in [0.25, 0.3) is 11.1 Å². The Labute approximate surface area is 116 Å². The highest BCUT2D eigenvalue weighted by Gasteiger charge is 2.06. The average Bonchev–Trinajstić information content (AvgIpc) is 2.89. The maximum Gasteiger partial charge on any atom is 0.228 e. The quantitative estimate of drug-likeness (QED) is 0.791. The molecule has 100 valence electrons. The molecule has 0 fully saturated rings. The van der Waals surface area contributed by atoms with Crippen LogP contribution in [0.3, 0.4) is 0 Å². The molecule has 0 spiro atoms. The Kier molecular flexibility index (Phi) is 3.21. The van der Waals surface area contributed by atoms with Crippen molar-refractivity contribution in [2.24, 2.45) is 0 Å². The summed E-state index contributed by atoms with van der Waals surface area (Å²) in [6.07, 6.45) is 1.71. The number of fused-ring (bicyclic) bond motifs is 1. The van der Waals surface area contributed by atoms with E-state index in [1.165, 1.54) is 12.0 Å². The molecule has 0 bridgehead atoms. The Morgan fingerprint density at radius 3 is 2.80 bits per heavy atom. The van der Waals surface area contributed by atoms with Crippen molar-refractivity contribution in [3.05, 3.63) is 60.0 Å². The molecule has 1 amide bonds. The van der Waals surface area contributed by atoms with Crippen LogP contribution in [0.5, 0.6) is 0 Å². The van der Waals surface area contributed by atoms with Crippen molar-refractivity contribution in [2.75, 3.05) is 5.32 Å². The Morgan fingerprint density at radius 1 is 1.20 bits per heavy atom. The van der Waals surface area contributed by atoms with E-state index >= 15 is 0 Å². The zero-order valence-electron chi connectivity index (χ0n) is 11.1. The number of hydrogen-bond donors (Lipinski definition) is 1. The number of oxazole rings is 1. The molecule has 1 N–H and O–H groups in total. The lowest BCUT2D eigenvalue weighted by Gasteiger charge is -2.05. The van der Waals surface area contributed by atoms with Crippen LogP contribution in [0.1, 0.15) is 11.1 Å². The van der Waals surface area contributed by atoms with Crippen molar-refractivity contribution >= 4 is 22.7 Å². The van der Waals surface area contributed by atoms with E-state index in [0.29, 0.717) is 12.0 Å². The second-order valence-corrected chi connectivity index (χ2v) is 4.75. The van der Waals surface area contributed by atoms with Crippen LogP contribution in [-0.4, -0.2) is 10.9 Å². The number of nitrogens with one attached hydrogen (secondary N) is 1. The molecule has 1 heterocycles. The highest BCUT2D eigenvalue weighted by atomic mass is 16.3. The monoisotopic (exact) mass is 266 g/mol. The van der Waals surface area contributed by atoms with E-state index in [-0.39, 0.29) is 5.91 Å². The molecule has 0 aliphatic carbocycles. The Hall–Kier alpha value is -2.62. The first-order valence-electron chi connectivity index (χ1n) is 6.39. The molecular weight excluding hydrogens is 252 g/mol. The third kappa shape index (κ3) is 2.69. The van der Waals surface area contributed by atoms with Gasteiger partial charge in [0.05, 0.1) is 6.42 Å². The molecule has 3 aromatic rings. The first kappa shape index (κ1) is 12.4. The average molecular weight is 266 g/mol. The number of carbonyl (C=O) groups excluding carboxylic acids is 1. The van der Waals surface area contributed by atoms with Gasteiger partial charge in [0, 0.05) is 5.69 Å². The van der Waals surface area contributed by atoms with Crippen molar-refractivity contribution in [1.29, 1.82) is 0 Å². The molecule has 3 rings (SSSR count). The predicted molar refractivity (Wildman–Crippen MR) is 77.5 cm³/mol. The lowest BCUT2D eigenvalue weighted by molar-refractivity contribution is -0.115. The molecule has 0 radical (unpaired) electrons. The van der Waals surface area contributed by atoms with E-state index < -0.39 is 0 Å². The summed E-state index contributed by atoms with van der Waals surface area (Å²) in [6, 6.07) is 13.3. The standard InChI is InChI=1S/C16H14N2O2/c1-11-2-5-13(6-3-11)18-16(19)9-12-4-7-14-15(8-12)20-10-17-14/h2-8,10H,9H2,1H3,(H,18,19). The van der Waals surface area contributed by atoms with Gasteiger partial charge in [-0.15, -0.1) is 0 Å². The van der Waals surface area contributed by atoms with Gasteiger partial charge in [-0.25, -0.2) is 4.98 Å². The molecular formula is C16H14N2O2. The second kappa shape index (κ2) is 5.17. The molecule has 0 aliphatic heterocycles. The van der Waals surface area contributed by atoms with Gasteiger partial charge in [0.1, 0.15) is 5.52 Å². The Morgan fingerprint density at radius 2 is 2.00 bits per heavy atom. The maximum absolute atomic E-state index is 12.0. The molecule has 0 unspecified atom stereocenters. The molecule has 2 aromatic carbocycles. The number of nitrogens with zero attached hydrogens (tertiary/aromatic N) is 1. The summed E-state index contributed by atoms with van der Waals surface area (Å²) in [6.45, 7) is 2.01. The molecule has 0 saturated heterocycles. The minimum absolute atomic E-state index is 0.0484. The number of hydrogen-bond acceptors (Lipinski definition) is 3. The highest BCUT2D eigenvalue weighted by molar-refractivity contribution is 5.92. The maximum atomic E-state index is 12.0. The van der Waals surface area contributed by atoms with Crippen molar-refractivity contribution < 1.29 is 9.21 Å². The van der Waals surface area contributed by atoms with Crippen LogP contribution in [0.2, 0.25) is 0 Å². The zero-order valence-corrected chi connectivity index (χ0v) is 11.1. The fraction of sp³-hybridized carbons (Fsp3) is 0.125. The van der Waals surface area contributed by atoms with Gasteiger partial charge in [-0.3, -0.25) is 4.79 Å². The summed E-state index contributed by atoms with van der Waals surface area (Å²) in [4.78, 5) is 16.0. The third-order valence-corrected chi connectivity index (χ3v) is 3.10. The molecule has 0 aliphatic rings. The number of amides is 1. The van der Waals surface area contributed by atoms with Gasteiger partial charge in [-0.05, 0) is 36.8 Å². The Balaban J connectivity index is 1.70. The number of aryl methyl sites for hydroxylation is 1. The summed E-state index contributed by atoms with van der Waals surface area (Å²) in [5, 5.41) is 2.87. The molecule has 4 heteroatoms. The topological polar surface area (TPSA) is 55.1 Å². The fourth-order valence-electron chi connectivity index (χ4n) is 2.04. The Bertz CT molecular complexity index is 745. The van der Waals surface area contributed by atoms with Gasteiger partial charge in [0.15, 0.2) is 12.0 Å². The van der Waals surface area contributed by atoms with Gasteiger partial charge >= 0.3 is 0 Å². The number of aromatic nitrogens is 1. The van der Waals surface area contributed by atoms with Gasteiger partial charge in [0.2, 0.25) is 5.91 Å². The van der Waals surface area contributed by atoms with E-state index in [0.717, 1.165) is 16.8 Å². The summed E-state index contributed by atoms with van der Waals surface area (Å²) in [5.41, 5.74) is 4.37. The van der Waals surface area contributed by atoms with Gasteiger partial charge in [-0.1, -0.05) is 23.8 Å². The van der Waals surface area contributed by atoms with Crippen LogP contribution in [0, 0.1) is 6.92 Å². The first-order chi connectivity index (χ1) is 9.70. The van der Waals surface area contributed by atoms with Crippen LogP contribution in [-0.2, 0) is 11.2 Å². The van der Waals surface area contributed by atoms with Crippen LogP contribution < -0.4 is 5.32 Å². The highest BCUT2D eigenvalue weighted by Crippen LogP contribution is 2.15. The molecule has 1 aromatic heterocycles. The van der Waals surface area contributed by atoms with Crippen molar-refractivity contribution in [2.45, 2.75) is 13.3 Å². The summed E-state index contributed by atoms with van der Waals surface area (Å²) < 4.78 is 5.23. The van der Waals surface area contributed by atoms with Crippen molar-refractivity contribution in [3.8, 4) is 0 Å². The third-order valence-electron chi connectivity index (χ3n) is 3.10. The SMILES string of the molecule is Cc1ccc(NC(=O)Cc2ccc3ncoc3c2)cc1. The smallest absolute Gasteiger partial charge is 0.228 e. The van der Waals surface area contributed by atoms with Gasteiger partial charge < -0.3 is 9.73 Å². The lowest BCUT2D eigenvalue weighted by Crippen LogP contribution is -2.14. The predicted octanol–water partition coefficient (Wildman–Crippen LogP) is 3.32. The largest absolute Gasteiger partial charge is 0.443 e. The minimum atomic E-state index is -0.0484. The minimum Gasteiger partial charge on any atom is -0.443 e. The number of benzene rings is 2. The molecule has 0 atom stereocenters. The van der Waals surface area contributed by atoms with Crippen LogP contribution in [0.15, 0.2) is 53.3 Å². The molecule has 4 nitrogen and oxygen atoms in total. The summed E-state index contributed by atoms with van der Waals surface area (Å²) in [7, 11) is 0. The molecule has 20 heavy (non-hydrogen) atoms. The number of rotatable bonds is 3. The number of carbonyl (C=O) groups is 1. The van der Waals surface area contributed by atoms with Gasteiger partial charge in [-0.2, -0.15) is 0 Å². The van der Waals surface area contributed by atoms with Crippen molar-refractivity contribution in [1.82, 2.24) is 4.98 Å². The van der Waals surface area contributed by atoms with E-state index in [2.05, 4.69) is 10.3 Å².